The van der Waals surface area contributed by atoms with Crippen LogP contribution in [0.5, 0.6) is 0 Å². The Balaban J connectivity index is 1.82. The van der Waals surface area contributed by atoms with Crippen LogP contribution >= 0.6 is 0 Å². The normalized spacial score (nSPS) is 19.2. The molecule has 1 fully saturated rings. The van der Waals surface area contributed by atoms with Crippen molar-refractivity contribution >= 4 is 5.91 Å². The molecule has 1 aromatic rings. The molecule has 2 rings (SSSR count). The first-order valence-electron chi connectivity index (χ1n) is 6.11. The van der Waals surface area contributed by atoms with Crippen molar-refractivity contribution in [2.24, 2.45) is 5.92 Å². The molecule has 0 saturated carbocycles. The highest BCUT2D eigenvalue weighted by molar-refractivity contribution is 5.78. The van der Waals surface area contributed by atoms with Gasteiger partial charge in [0.05, 0.1) is 13.0 Å². The van der Waals surface area contributed by atoms with Crippen LogP contribution in [0.3, 0.4) is 0 Å². The second kappa shape index (κ2) is 5.82. The van der Waals surface area contributed by atoms with Crippen LogP contribution in [-0.4, -0.2) is 37.6 Å². The molecule has 0 bridgehead atoms. The molecule has 0 radical (unpaired) electrons. The molecule has 1 atom stereocenters. The van der Waals surface area contributed by atoms with E-state index in [0.717, 1.165) is 31.7 Å². The maximum Gasteiger partial charge on any atom is 0.226 e. The van der Waals surface area contributed by atoms with Gasteiger partial charge in [0, 0.05) is 26.1 Å². The third kappa shape index (κ3) is 3.56. The molecule has 0 N–H and O–H groups in total. The Hall–Kier alpha value is -1.35. The van der Waals surface area contributed by atoms with Crippen molar-refractivity contribution in [2.75, 3.05) is 26.8 Å². The summed E-state index contributed by atoms with van der Waals surface area (Å²) in [6.07, 6.45) is 1.56. The van der Waals surface area contributed by atoms with Crippen LogP contribution in [0.2, 0.25) is 0 Å². The number of amides is 1. The van der Waals surface area contributed by atoms with Gasteiger partial charge in [-0.15, -0.1) is 0 Å². The van der Waals surface area contributed by atoms with E-state index in [1.165, 1.54) is 0 Å². The van der Waals surface area contributed by atoms with Gasteiger partial charge in [0.2, 0.25) is 5.91 Å². The number of carbonyl (C=O) groups is 1. The molecule has 17 heavy (non-hydrogen) atoms. The minimum atomic E-state index is 0.183. The van der Waals surface area contributed by atoms with E-state index in [9.17, 15) is 4.79 Å². The molecule has 3 heteroatoms. The largest absolute Gasteiger partial charge is 0.381 e. The Bertz CT molecular complexity index is 358. The molecule has 0 aromatic heterocycles. The third-order valence-electron chi connectivity index (χ3n) is 3.18. The summed E-state index contributed by atoms with van der Waals surface area (Å²) in [4.78, 5) is 13.8. The highest BCUT2D eigenvalue weighted by Crippen LogP contribution is 2.13. The van der Waals surface area contributed by atoms with Gasteiger partial charge in [-0.3, -0.25) is 4.79 Å². The van der Waals surface area contributed by atoms with Crippen LogP contribution in [0.4, 0.5) is 0 Å². The summed E-state index contributed by atoms with van der Waals surface area (Å²) in [6, 6.07) is 9.88. The zero-order chi connectivity index (χ0) is 12.1. The molecule has 1 aromatic carbocycles. The summed E-state index contributed by atoms with van der Waals surface area (Å²) < 4.78 is 5.32. The number of rotatable bonds is 4. The number of carbonyl (C=O) groups excluding carboxylic acids is 1. The minimum Gasteiger partial charge on any atom is -0.381 e. The van der Waals surface area contributed by atoms with Crippen molar-refractivity contribution < 1.29 is 9.53 Å². The SMILES string of the molecule is CN(CC1CCOC1)C(=O)Cc1ccccc1. The van der Waals surface area contributed by atoms with E-state index in [1.54, 1.807) is 0 Å². The zero-order valence-corrected chi connectivity index (χ0v) is 10.3. The molecule has 3 nitrogen and oxygen atoms in total. The number of hydrogen-bond acceptors (Lipinski definition) is 2. The van der Waals surface area contributed by atoms with Gasteiger partial charge >= 0.3 is 0 Å². The van der Waals surface area contributed by atoms with Crippen LogP contribution in [0.1, 0.15) is 12.0 Å². The van der Waals surface area contributed by atoms with E-state index < -0.39 is 0 Å². The molecule has 1 saturated heterocycles. The average Bonchev–Trinajstić information content (AvgIpc) is 2.83. The molecule has 0 spiro atoms. The Morgan fingerprint density at radius 1 is 1.41 bits per heavy atom. The first kappa shape index (κ1) is 12.1. The first-order valence-corrected chi connectivity index (χ1v) is 6.11. The molecule has 1 unspecified atom stereocenters. The Kier molecular flexibility index (Phi) is 4.15. The van der Waals surface area contributed by atoms with Crippen molar-refractivity contribution in [3.05, 3.63) is 35.9 Å². The van der Waals surface area contributed by atoms with E-state index in [2.05, 4.69) is 0 Å². The lowest BCUT2D eigenvalue weighted by Crippen LogP contribution is -2.33. The van der Waals surface area contributed by atoms with Crippen LogP contribution in [0.15, 0.2) is 30.3 Å². The highest BCUT2D eigenvalue weighted by atomic mass is 16.5. The lowest BCUT2D eigenvalue weighted by molar-refractivity contribution is -0.129. The van der Waals surface area contributed by atoms with Crippen LogP contribution in [0.25, 0.3) is 0 Å². The predicted molar refractivity (Wildman–Crippen MR) is 66.7 cm³/mol. The molecule has 1 aliphatic heterocycles. The quantitative estimate of drug-likeness (QED) is 0.792. The van der Waals surface area contributed by atoms with E-state index in [-0.39, 0.29) is 5.91 Å². The van der Waals surface area contributed by atoms with Gasteiger partial charge in [-0.05, 0) is 12.0 Å². The standard InChI is InChI=1S/C14H19NO2/c1-15(10-13-7-8-17-11-13)14(16)9-12-5-3-2-4-6-12/h2-6,13H,7-11H2,1H3. The van der Waals surface area contributed by atoms with Crippen molar-refractivity contribution in [1.29, 1.82) is 0 Å². The predicted octanol–water partition coefficient (Wildman–Crippen LogP) is 1.72. The summed E-state index contributed by atoms with van der Waals surface area (Å²) in [5.41, 5.74) is 1.08. The summed E-state index contributed by atoms with van der Waals surface area (Å²) in [5, 5.41) is 0. The Morgan fingerprint density at radius 2 is 2.18 bits per heavy atom. The zero-order valence-electron chi connectivity index (χ0n) is 10.3. The number of hydrogen-bond donors (Lipinski definition) is 0. The number of nitrogens with zero attached hydrogens (tertiary/aromatic N) is 1. The smallest absolute Gasteiger partial charge is 0.226 e. The lowest BCUT2D eigenvalue weighted by atomic mass is 10.1. The fourth-order valence-corrected chi connectivity index (χ4v) is 2.12. The second-order valence-electron chi connectivity index (χ2n) is 4.67. The highest BCUT2D eigenvalue weighted by Gasteiger charge is 2.19. The monoisotopic (exact) mass is 233 g/mol. The summed E-state index contributed by atoms with van der Waals surface area (Å²) in [5.74, 6) is 0.697. The van der Waals surface area contributed by atoms with E-state index in [1.807, 2.05) is 42.3 Å². The Morgan fingerprint density at radius 3 is 2.82 bits per heavy atom. The minimum absolute atomic E-state index is 0.183. The van der Waals surface area contributed by atoms with E-state index in [4.69, 9.17) is 4.74 Å². The van der Waals surface area contributed by atoms with Gasteiger partial charge in [0.1, 0.15) is 0 Å². The van der Waals surface area contributed by atoms with Gasteiger partial charge in [-0.25, -0.2) is 0 Å². The maximum absolute atomic E-state index is 12.0. The van der Waals surface area contributed by atoms with Gasteiger partial charge in [-0.1, -0.05) is 30.3 Å². The van der Waals surface area contributed by atoms with Gasteiger partial charge in [0.15, 0.2) is 0 Å². The fraction of sp³-hybridized carbons (Fsp3) is 0.500. The summed E-state index contributed by atoms with van der Waals surface area (Å²) >= 11 is 0. The van der Waals surface area contributed by atoms with Crippen LogP contribution < -0.4 is 0 Å². The molecule has 0 aliphatic carbocycles. The number of benzene rings is 1. The van der Waals surface area contributed by atoms with Crippen LogP contribution in [-0.2, 0) is 16.0 Å². The van der Waals surface area contributed by atoms with E-state index in [0.29, 0.717) is 12.3 Å². The van der Waals surface area contributed by atoms with E-state index >= 15 is 0 Å². The first-order chi connectivity index (χ1) is 8.25. The topological polar surface area (TPSA) is 29.5 Å². The second-order valence-corrected chi connectivity index (χ2v) is 4.67. The van der Waals surface area contributed by atoms with Gasteiger partial charge < -0.3 is 9.64 Å². The lowest BCUT2D eigenvalue weighted by Gasteiger charge is -2.20. The number of ether oxygens (including phenoxy) is 1. The van der Waals surface area contributed by atoms with Crippen LogP contribution in [0, 0.1) is 5.92 Å². The van der Waals surface area contributed by atoms with Gasteiger partial charge in [-0.2, -0.15) is 0 Å². The van der Waals surface area contributed by atoms with Crippen molar-refractivity contribution in [2.45, 2.75) is 12.8 Å². The van der Waals surface area contributed by atoms with Crippen molar-refractivity contribution in [1.82, 2.24) is 4.90 Å². The molecule has 1 heterocycles. The summed E-state index contributed by atoms with van der Waals surface area (Å²) in [7, 11) is 1.88. The average molecular weight is 233 g/mol. The fourth-order valence-electron chi connectivity index (χ4n) is 2.12. The molecule has 1 aliphatic rings. The maximum atomic E-state index is 12.0. The number of likely N-dealkylation sites (N-methyl/N-ethyl adjacent to an activating group) is 1. The van der Waals surface area contributed by atoms with Crippen molar-refractivity contribution in [3.63, 3.8) is 0 Å². The Labute approximate surface area is 102 Å². The van der Waals surface area contributed by atoms with Gasteiger partial charge in [0.25, 0.3) is 0 Å². The third-order valence-corrected chi connectivity index (χ3v) is 3.18. The molecule has 1 amide bonds. The van der Waals surface area contributed by atoms with Crippen molar-refractivity contribution in [3.8, 4) is 0 Å². The molecule has 92 valence electrons. The molecular formula is C14H19NO2. The summed E-state index contributed by atoms with van der Waals surface area (Å²) in [6.45, 7) is 2.44. The molecular weight excluding hydrogens is 214 g/mol.